The number of rotatable bonds is 4. The molecule has 0 unspecified atom stereocenters. The summed E-state index contributed by atoms with van der Waals surface area (Å²) in [6.45, 7) is 8.89. The first-order valence-electron chi connectivity index (χ1n) is 10.5. The molecule has 0 atom stereocenters. The van der Waals surface area contributed by atoms with Crippen LogP contribution in [0.2, 0.25) is 0 Å². The van der Waals surface area contributed by atoms with Crippen molar-refractivity contribution < 1.29 is 0 Å². The van der Waals surface area contributed by atoms with Crippen molar-refractivity contribution >= 4 is 17.1 Å². The molecule has 0 fully saturated rings. The number of hydrogen-bond acceptors (Lipinski definition) is 1. The van der Waals surface area contributed by atoms with Crippen LogP contribution in [0.25, 0.3) is 11.1 Å². The minimum Gasteiger partial charge on any atom is -0.310 e. The van der Waals surface area contributed by atoms with Gasteiger partial charge in [-0.05, 0) is 65.4 Å². The predicted octanol–water partition coefficient (Wildman–Crippen LogP) is 8.43. The average Bonchev–Trinajstić information content (AvgIpc) is 2.76. The van der Waals surface area contributed by atoms with Gasteiger partial charge >= 0.3 is 0 Å². The summed E-state index contributed by atoms with van der Waals surface area (Å²) < 4.78 is 0. The number of hydrogen-bond donors (Lipinski definition) is 0. The number of aryl methyl sites for hydroxylation is 1. The molecule has 0 amide bonds. The maximum Gasteiger partial charge on any atom is 0.0467 e. The van der Waals surface area contributed by atoms with Gasteiger partial charge in [0.15, 0.2) is 0 Å². The van der Waals surface area contributed by atoms with Gasteiger partial charge in [-0.1, -0.05) is 93.1 Å². The Balaban J connectivity index is 1.81. The highest BCUT2D eigenvalue weighted by Gasteiger charge is 2.16. The quantitative estimate of drug-likeness (QED) is 0.337. The Morgan fingerprint density at radius 3 is 1.70 bits per heavy atom. The lowest BCUT2D eigenvalue weighted by Gasteiger charge is -2.27. The standard InChI is InChI=1S/C29H29N/c1-22-13-17-26(18-14-22)30(27-19-15-25(16-20-27)29(2,3)4)28-12-8-11-24(21-28)23-9-6-5-7-10-23/h5-21H,1-4H3. The topological polar surface area (TPSA) is 3.24 Å². The summed E-state index contributed by atoms with van der Waals surface area (Å²) >= 11 is 0. The van der Waals surface area contributed by atoms with E-state index in [1.54, 1.807) is 0 Å². The summed E-state index contributed by atoms with van der Waals surface area (Å²) in [6, 6.07) is 37.0. The van der Waals surface area contributed by atoms with Crippen LogP contribution in [-0.2, 0) is 5.41 Å². The lowest BCUT2D eigenvalue weighted by molar-refractivity contribution is 0.590. The second-order valence-electron chi connectivity index (χ2n) is 8.88. The van der Waals surface area contributed by atoms with E-state index in [1.165, 1.54) is 22.3 Å². The van der Waals surface area contributed by atoms with E-state index in [2.05, 4.69) is 136 Å². The molecule has 4 rings (SSSR count). The third-order valence-electron chi connectivity index (χ3n) is 5.50. The molecule has 0 spiro atoms. The lowest BCUT2D eigenvalue weighted by atomic mass is 9.87. The zero-order chi connectivity index (χ0) is 21.1. The molecule has 30 heavy (non-hydrogen) atoms. The maximum absolute atomic E-state index is 2.33. The van der Waals surface area contributed by atoms with E-state index in [4.69, 9.17) is 0 Å². The van der Waals surface area contributed by atoms with Crippen LogP contribution in [-0.4, -0.2) is 0 Å². The van der Waals surface area contributed by atoms with E-state index in [9.17, 15) is 0 Å². The van der Waals surface area contributed by atoms with E-state index in [0.29, 0.717) is 0 Å². The minimum absolute atomic E-state index is 0.139. The van der Waals surface area contributed by atoms with Crippen LogP contribution in [0.5, 0.6) is 0 Å². The number of anilines is 3. The highest BCUT2D eigenvalue weighted by Crippen LogP contribution is 2.37. The molecule has 1 nitrogen and oxygen atoms in total. The van der Waals surface area contributed by atoms with Crippen LogP contribution in [0.1, 0.15) is 31.9 Å². The van der Waals surface area contributed by atoms with E-state index in [-0.39, 0.29) is 5.41 Å². The highest BCUT2D eigenvalue weighted by atomic mass is 15.1. The Hall–Kier alpha value is -3.32. The van der Waals surface area contributed by atoms with Crippen molar-refractivity contribution in [1.29, 1.82) is 0 Å². The van der Waals surface area contributed by atoms with E-state index in [1.807, 2.05) is 0 Å². The van der Waals surface area contributed by atoms with Gasteiger partial charge < -0.3 is 4.90 Å². The zero-order valence-corrected chi connectivity index (χ0v) is 18.3. The van der Waals surface area contributed by atoms with Crippen LogP contribution in [0.4, 0.5) is 17.1 Å². The first kappa shape index (κ1) is 20.0. The lowest BCUT2D eigenvalue weighted by Crippen LogP contribution is -2.13. The first-order chi connectivity index (χ1) is 14.4. The van der Waals surface area contributed by atoms with Crippen molar-refractivity contribution in [1.82, 2.24) is 0 Å². The van der Waals surface area contributed by atoms with Crippen LogP contribution < -0.4 is 4.90 Å². The van der Waals surface area contributed by atoms with Crippen molar-refractivity contribution in [2.45, 2.75) is 33.1 Å². The molecule has 0 aliphatic rings. The van der Waals surface area contributed by atoms with Crippen molar-refractivity contribution in [2.24, 2.45) is 0 Å². The molecule has 0 N–H and O–H groups in total. The fourth-order valence-electron chi connectivity index (χ4n) is 3.71. The fraction of sp³-hybridized carbons (Fsp3) is 0.172. The predicted molar refractivity (Wildman–Crippen MR) is 130 cm³/mol. The minimum atomic E-state index is 0.139. The van der Waals surface area contributed by atoms with E-state index >= 15 is 0 Å². The second-order valence-corrected chi connectivity index (χ2v) is 8.88. The smallest absolute Gasteiger partial charge is 0.0467 e. The summed E-state index contributed by atoms with van der Waals surface area (Å²) in [4.78, 5) is 2.33. The molecular weight excluding hydrogens is 362 g/mol. The Morgan fingerprint density at radius 1 is 0.533 bits per heavy atom. The molecule has 0 saturated carbocycles. The molecule has 4 aromatic carbocycles. The van der Waals surface area contributed by atoms with Gasteiger partial charge in [0, 0.05) is 17.1 Å². The Morgan fingerprint density at radius 2 is 1.10 bits per heavy atom. The summed E-state index contributed by atoms with van der Waals surface area (Å²) in [5.41, 5.74) is 8.67. The molecule has 0 aliphatic heterocycles. The molecule has 4 aromatic rings. The zero-order valence-electron chi connectivity index (χ0n) is 18.3. The Labute approximate surface area is 180 Å². The normalized spacial score (nSPS) is 11.3. The molecule has 150 valence electrons. The van der Waals surface area contributed by atoms with Crippen molar-refractivity contribution in [3.63, 3.8) is 0 Å². The average molecular weight is 392 g/mol. The summed E-state index contributed by atoms with van der Waals surface area (Å²) in [5, 5.41) is 0. The molecular formula is C29H29N. The summed E-state index contributed by atoms with van der Waals surface area (Å²) in [7, 11) is 0. The van der Waals surface area contributed by atoms with Gasteiger partial charge in [0.05, 0.1) is 0 Å². The molecule has 0 bridgehead atoms. The number of benzene rings is 4. The van der Waals surface area contributed by atoms with Gasteiger partial charge in [-0.25, -0.2) is 0 Å². The summed E-state index contributed by atoms with van der Waals surface area (Å²) in [6.07, 6.45) is 0. The molecule has 0 aliphatic carbocycles. The third kappa shape index (κ3) is 4.31. The third-order valence-corrected chi connectivity index (χ3v) is 5.50. The Kier molecular flexibility index (Phi) is 5.46. The van der Waals surface area contributed by atoms with Crippen molar-refractivity contribution in [3.05, 3.63) is 114 Å². The molecule has 0 radical (unpaired) electrons. The van der Waals surface area contributed by atoms with Crippen LogP contribution >= 0.6 is 0 Å². The molecule has 1 heteroatoms. The van der Waals surface area contributed by atoms with Crippen LogP contribution in [0.15, 0.2) is 103 Å². The van der Waals surface area contributed by atoms with E-state index < -0.39 is 0 Å². The fourth-order valence-corrected chi connectivity index (χ4v) is 3.71. The maximum atomic E-state index is 2.33. The largest absolute Gasteiger partial charge is 0.310 e. The van der Waals surface area contributed by atoms with E-state index in [0.717, 1.165) is 17.1 Å². The highest BCUT2D eigenvalue weighted by molar-refractivity contribution is 5.80. The van der Waals surface area contributed by atoms with Crippen LogP contribution in [0.3, 0.4) is 0 Å². The van der Waals surface area contributed by atoms with Gasteiger partial charge in [0.1, 0.15) is 0 Å². The van der Waals surface area contributed by atoms with Crippen molar-refractivity contribution in [3.8, 4) is 11.1 Å². The monoisotopic (exact) mass is 391 g/mol. The number of nitrogens with zero attached hydrogens (tertiary/aromatic N) is 1. The molecule has 0 heterocycles. The second kappa shape index (κ2) is 8.20. The molecule has 0 saturated heterocycles. The summed E-state index contributed by atoms with van der Waals surface area (Å²) in [5.74, 6) is 0. The van der Waals surface area contributed by atoms with Crippen LogP contribution in [0, 0.1) is 6.92 Å². The van der Waals surface area contributed by atoms with Crippen molar-refractivity contribution in [2.75, 3.05) is 4.90 Å². The van der Waals surface area contributed by atoms with Gasteiger partial charge in [-0.15, -0.1) is 0 Å². The van der Waals surface area contributed by atoms with Gasteiger partial charge in [-0.3, -0.25) is 0 Å². The SMILES string of the molecule is Cc1ccc(N(c2ccc(C(C)(C)C)cc2)c2cccc(-c3ccccc3)c2)cc1. The van der Waals surface area contributed by atoms with Gasteiger partial charge in [-0.2, -0.15) is 0 Å². The van der Waals surface area contributed by atoms with Gasteiger partial charge in [0.2, 0.25) is 0 Å². The molecule has 0 aromatic heterocycles. The van der Waals surface area contributed by atoms with Gasteiger partial charge in [0.25, 0.3) is 0 Å². The Bertz CT molecular complexity index is 1100. The first-order valence-corrected chi connectivity index (χ1v) is 10.5.